The molecule has 1 N–H and O–H groups in total. The molecule has 0 atom stereocenters. The first-order chi connectivity index (χ1) is 5.47. The molecular weight excluding hydrogens is 218 g/mol. The first kappa shape index (κ1) is 9.45. The number of hydrogen-bond acceptors (Lipinski definition) is 3. The number of anilines is 1. The SMILES string of the molecule is CC(C)(C)Nc1nccc(Br)n1. The van der Waals surface area contributed by atoms with E-state index in [0.29, 0.717) is 5.95 Å². The maximum atomic E-state index is 4.15. The van der Waals surface area contributed by atoms with Crippen LogP contribution in [-0.2, 0) is 0 Å². The number of hydrogen-bond donors (Lipinski definition) is 1. The summed E-state index contributed by atoms with van der Waals surface area (Å²) in [6, 6.07) is 1.80. The molecule has 0 bridgehead atoms. The van der Waals surface area contributed by atoms with Crippen molar-refractivity contribution >= 4 is 21.9 Å². The molecule has 0 aliphatic carbocycles. The summed E-state index contributed by atoms with van der Waals surface area (Å²) in [6.07, 6.45) is 1.71. The van der Waals surface area contributed by atoms with Crippen LogP contribution < -0.4 is 5.32 Å². The van der Waals surface area contributed by atoms with Gasteiger partial charge in [0.1, 0.15) is 4.60 Å². The van der Waals surface area contributed by atoms with Crippen LogP contribution in [0.5, 0.6) is 0 Å². The zero-order chi connectivity index (χ0) is 9.19. The van der Waals surface area contributed by atoms with E-state index in [1.165, 1.54) is 0 Å². The Morgan fingerprint density at radius 2 is 2.08 bits per heavy atom. The quantitative estimate of drug-likeness (QED) is 0.753. The molecule has 66 valence electrons. The summed E-state index contributed by atoms with van der Waals surface area (Å²) in [5.74, 6) is 0.650. The maximum absolute atomic E-state index is 4.15. The Morgan fingerprint density at radius 1 is 1.42 bits per heavy atom. The molecule has 0 spiro atoms. The van der Waals surface area contributed by atoms with E-state index in [2.05, 4.69) is 52.0 Å². The zero-order valence-corrected chi connectivity index (χ0v) is 9.01. The van der Waals surface area contributed by atoms with E-state index in [-0.39, 0.29) is 5.54 Å². The van der Waals surface area contributed by atoms with Crippen molar-refractivity contribution in [1.82, 2.24) is 9.97 Å². The Balaban J connectivity index is 2.77. The second kappa shape index (κ2) is 3.39. The standard InChI is InChI=1S/C8H12BrN3/c1-8(2,3)12-7-10-5-4-6(9)11-7/h4-5H,1-3H3,(H,10,11,12). The molecule has 3 nitrogen and oxygen atoms in total. The fourth-order valence-electron chi connectivity index (χ4n) is 0.732. The lowest BCUT2D eigenvalue weighted by Gasteiger charge is -2.20. The van der Waals surface area contributed by atoms with Gasteiger partial charge in [-0.05, 0) is 42.8 Å². The average molecular weight is 230 g/mol. The Kier molecular flexibility index (Phi) is 2.67. The van der Waals surface area contributed by atoms with E-state index in [0.717, 1.165) is 4.60 Å². The van der Waals surface area contributed by atoms with Gasteiger partial charge in [0.25, 0.3) is 0 Å². The second-order valence-corrected chi connectivity index (χ2v) is 4.39. The highest BCUT2D eigenvalue weighted by molar-refractivity contribution is 9.10. The van der Waals surface area contributed by atoms with Crippen LogP contribution in [-0.4, -0.2) is 15.5 Å². The topological polar surface area (TPSA) is 37.8 Å². The predicted molar refractivity (Wildman–Crippen MR) is 53.1 cm³/mol. The van der Waals surface area contributed by atoms with Gasteiger partial charge in [-0.25, -0.2) is 9.97 Å². The van der Waals surface area contributed by atoms with Gasteiger partial charge in [0.2, 0.25) is 5.95 Å². The molecule has 0 radical (unpaired) electrons. The summed E-state index contributed by atoms with van der Waals surface area (Å²) >= 11 is 3.28. The van der Waals surface area contributed by atoms with Crippen molar-refractivity contribution in [2.24, 2.45) is 0 Å². The van der Waals surface area contributed by atoms with E-state index >= 15 is 0 Å². The first-order valence-corrected chi connectivity index (χ1v) is 4.53. The lowest BCUT2D eigenvalue weighted by atomic mass is 10.1. The minimum atomic E-state index is 0.000787. The number of nitrogens with zero attached hydrogens (tertiary/aromatic N) is 2. The lowest BCUT2D eigenvalue weighted by Crippen LogP contribution is -2.27. The Bertz CT molecular complexity index is 267. The van der Waals surface area contributed by atoms with Gasteiger partial charge in [0.15, 0.2) is 0 Å². The minimum absolute atomic E-state index is 0.000787. The monoisotopic (exact) mass is 229 g/mol. The molecule has 12 heavy (non-hydrogen) atoms. The van der Waals surface area contributed by atoms with Gasteiger partial charge in [-0.15, -0.1) is 0 Å². The molecule has 4 heteroatoms. The molecule has 0 unspecified atom stereocenters. The van der Waals surface area contributed by atoms with Crippen LogP contribution >= 0.6 is 15.9 Å². The van der Waals surface area contributed by atoms with Crippen molar-refractivity contribution in [3.63, 3.8) is 0 Å². The van der Waals surface area contributed by atoms with E-state index in [9.17, 15) is 0 Å². The molecule has 0 aliphatic rings. The summed E-state index contributed by atoms with van der Waals surface area (Å²) in [6.45, 7) is 6.20. The van der Waals surface area contributed by atoms with E-state index in [1.54, 1.807) is 12.3 Å². The number of aromatic nitrogens is 2. The van der Waals surface area contributed by atoms with Crippen molar-refractivity contribution in [3.05, 3.63) is 16.9 Å². The zero-order valence-electron chi connectivity index (χ0n) is 7.43. The third-order valence-corrected chi connectivity index (χ3v) is 1.55. The molecule has 0 aliphatic heterocycles. The summed E-state index contributed by atoms with van der Waals surface area (Å²) in [4.78, 5) is 8.23. The molecule has 1 heterocycles. The van der Waals surface area contributed by atoms with Crippen LogP contribution in [0, 0.1) is 0 Å². The predicted octanol–water partition coefficient (Wildman–Crippen LogP) is 2.45. The summed E-state index contributed by atoms with van der Waals surface area (Å²) in [5.41, 5.74) is 0.000787. The fourth-order valence-corrected chi connectivity index (χ4v) is 1.02. The van der Waals surface area contributed by atoms with Crippen molar-refractivity contribution in [2.75, 3.05) is 5.32 Å². The first-order valence-electron chi connectivity index (χ1n) is 3.74. The number of rotatable bonds is 1. The molecule has 0 saturated carbocycles. The minimum Gasteiger partial charge on any atom is -0.350 e. The van der Waals surface area contributed by atoms with Crippen LogP contribution in [0.15, 0.2) is 16.9 Å². The molecule has 1 aromatic rings. The van der Waals surface area contributed by atoms with Crippen molar-refractivity contribution < 1.29 is 0 Å². The molecule has 1 aromatic heterocycles. The van der Waals surface area contributed by atoms with Gasteiger partial charge in [-0.1, -0.05) is 0 Å². The van der Waals surface area contributed by atoms with E-state index < -0.39 is 0 Å². The number of halogens is 1. The van der Waals surface area contributed by atoms with Crippen molar-refractivity contribution in [3.8, 4) is 0 Å². The van der Waals surface area contributed by atoms with Gasteiger partial charge in [-0.2, -0.15) is 0 Å². The van der Waals surface area contributed by atoms with E-state index in [4.69, 9.17) is 0 Å². The smallest absolute Gasteiger partial charge is 0.224 e. The van der Waals surface area contributed by atoms with Crippen LogP contribution in [0.2, 0.25) is 0 Å². The molecule has 0 amide bonds. The van der Waals surface area contributed by atoms with E-state index in [1.807, 2.05) is 0 Å². The largest absolute Gasteiger partial charge is 0.350 e. The van der Waals surface area contributed by atoms with Crippen LogP contribution in [0.25, 0.3) is 0 Å². The van der Waals surface area contributed by atoms with Gasteiger partial charge in [0, 0.05) is 11.7 Å². The fraction of sp³-hybridized carbons (Fsp3) is 0.500. The van der Waals surface area contributed by atoms with Gasteiger partial charge in [-0.3, -0.25) is 0 Å². The highest BCUT2D eigenvalue weighted by Crippen LogP contribution is 2.11. The second-order valence-electron chi connectivity index (χ2n) is 3.58. The summed E-state index contributed by atoms with van der Waals surface area (Å²) < 4.78 is 0.796. The number of nitrogens with one attached hydrogen (secondary N) is 1. The van der Waals surface area contributed by atoms with Gasteiger partial charge < -0.3 is 5.32 Å². The molecule has 1 rings (SSSR count). The Labute approximate surface area is 80.7 Å². The molecular formula is C8H12BrN3. The molecule has 0 saturated heterocycles. The lowest BCUT2D eigenvalue weighted by molar-refractivity contribution is 0.625. The van der Waals surface area contributed by atoms with Crippen molar-refractivity contribution in [1.29, 1.82) is 0 Å². The highest BCUT2D eigenvalue weighted by Gasteiger charge is 2.10. The Hall–Kier alpha value is -0.640. The highest BCUT2D eigenvalue weighted by atomic mass is 79.9. The summed E-state index contributed by atoms with van der Waals surface area (Å²) in [5, 5.41) is 3.17. The Morgan fingerprint density at radius 3 is 2.58 bits per heavy atom. The van der Waals surface area contributed by atoms with Gasteiger partial charge >= 0.3 is 0 Å². The van der Waals surface area contributed by atoms with Crippen LogP contribution in [0.4, 0.5) is 5.95 Å². The van der Waals surface area contributed by atoms with Crippen LogP contribution in [0.1, 0.15) is 20.8 Å². The third kappa shape index (κ3) is 3.17. The maximum Gasteiger partial charge on any atom is 0.224 e. The third-order valence-electron chi connectivity index (χ3n) is 1.11. The molecule has 0 fully saturated rings. The average Bonchev–Trinajstić information content (AvgIpc) is 1.82. The van der Waals surface area contributed by atoms with Gasteiger partial charge in [0.05, 0.1) is 0 Å². The summed E-state index contributed by atoms with van der Waals surface area (Å²) in [7, 11) is 0. The van der Waals surface area contributed by atoms with Crippen LogP contribution in [0.3, 0.4) is 0 Å². The normalized spacial score (nSPS) is 11.3. The molecule has 0 aromatic carbocycles. The van der Waals surface area contributed by atoms with Crippen molar-refractivity contribution in [2.45, 2.75) is 26.3 Å².